The van der Waals surface area contributed by atoms with Crippen LogP contribution in [0.5, 0.6) is 0 Å². The minimum Gasteiger partial charge on any atom is -0.210 e. The van der Waals surface area contributed by atoms with E-state index in [1.54, 1.807) is 0 Å². The molecule has 0 rings (SSSR count). The molecule has 6 heavy (non-hydrogen) atoms. The summed E-state index contributed by atoms with van der Waals surface area (Å²) >= 11 is 7.78. The fraction of sp³-hybridized carbons (Fsp3) is 0.333. The summed E-state index contributed by atoms with van der Waals surface area (Å²) in [6.07, 6.45) is 0. The van der Waals surface area contributed by atoms with E-state index in [9.17, 15) is 4.39 Å². The summed E-state index contributed by atoms with van der Waals surface area (Å²) in [4.78, 5) is 0. The highest BCUT2D eigenvalue weighted by molar-refractivity contribution is 9.10. The molecule has 0 amide bonds. The first-order valence-corrected chi connectivity index (χ1v) is 2.62. The first-order valence-electron chi connectivity index (χ1n) is 1.27. The van der Waals surface area contributed by atoms with E-state index in [-0.39, 0.29) is 0 Å². The molecule has 1 atom stereocenters. The molecule has 0 aromatic rings. The van der Waals surface area contributed by atoms with Crippen molar-refractivity contribution in [1.29, 1.82) is 0 Å². The third-order valence-corrected chi connectivity index (χ3v) is 0.970. The minimum absolute atomic E-state index is 0.559. The van der Waals surface area contributed by atoms with Gasteiger partial charge in [0.1, 0.15) is 10.1 Å². The van der Waals surface area contributed by atoms with Crippen LogP contribution in [0.4, 0.5) is 4.39 Å². The summed E-state index contributed by atoms with van der Waals surface area (Å²) in [6, 6.07) is 0. The van der Waals surface area contributed by atoms with Gasteiger partial charge in [0.05, 0.1) is 0 Å². The van der Waals surface area contributed by atoms with Crippen molar-refractivity contribution in [3.8, 4) is 0 Å². The Morgan fingerprint density at radius 3 is 2.17 bits per heavy atom. The molecule has 0 aromatic carbocycles. The quantitative estimate of drug-likeness (QED) is 0.534. The Hall–Kier alpha value is 0.440. The van der Waals surface area contributed by atoms with E-state index in [1.165, 1.54) is 0 Å². The SMILES string of the molecule is C=C(F)C(Cl)Br. The average Bonchev–Trinajstić information content (AvgIpc) is 1.36. The van der Waals surface area contributed by atoms with Gasteiger partial charge < -0.3 is 0 Å². The van der Waals surface area contributed by atoms with Crippen LogP contribution in [0.15, 0.2) is 12.4 Å². The lowest BCUT2D eigenvalue weighted by atomic mass is 10.7. The number of alkyl halides is 2. The van der Waals surface area contributed by atoms with Crippen LogP contribution in [0.25, 0.3) is 0 Å². The molecular formula is C3H3BrClF. The molecule has 0 aliphatic rings. The summed E-state index contributed by atoms with van der Waals surface area (Å²) in [5, 5.41) is 0. The van der Waals surface area contributed by atoms with Crippen molar-refractivity contribution >= 4 is 27.5 Å². The normalized spacial score (nSPS) is 13.8. The molecule has 0 aliphatic heterocycles. The first kappa shape index (κ1) is 6.44. The van der Waals surface area contributed by atoms with Gasteiger partial charge in [0.25, 0.3) is 0 Å². The van der Waals surface area contributed by atoms with E-state index < -0.39 is 10.1 Å². The standard InChI is InChI=1S/C3H3BrClF/c1-2(6)3(4)5/h3H,1H2. The van der Waals surface area contributed by atoms with Crippen molar-refractivity contribution in [2.45, 2.75) is 4.29 Å². The number of halogens is 3. The second-order valence-electron chi connectivity index (χ2n) is 0.748. The van der Waals surface area contributed by atoms with Gasteiger partial charge in [-0.1, -0.05) is 22.5 Å². The molecule has 36 valence electrons. The predicted molar refractivity (Wildman–Crippen MR) is 28.8 cm³/mol. The number of hydrogen-bond donors (Lipinski definition) is 0. The summed E-state index contributed by atoms with van der Waals surface area (Å²) < 4.78 is 10.7. The van der Waals surface area contributed by atoms with Gasteiger partial charge in [-0.2, -0.15) is 0 Å². The van der Waals surface area contributed by atoms with Gasteiger partial charge in [0, 0.05) is 0 Å². The van der Waals surface area contributed by atoms with Crippen LogP contribution < -0.4 is 0 Å². The van der Waals surface area contributed by atoms with Crippen LogP contribution in [-0.4, -0.2) is 4.29 Å². The van der Waals surface area contributed by atoms with Crippen molar-refractivity contribution in [2.24, 2.45) is 0 Å². The Kier molecular flexibility index (Phi) is 2.78. The Balaban J connectivity index is 3.26. The van der Waals surface area contributed by atoms with Crippen molar-refractivity contribution in [2.75, 3.05) is 0 Å². The van der Waals surface area contributed by atoms with Crippen LogP contribution in [0.1, 0.15) is 0 Å². The van der Waals surface area contributed by atoms with E-state index in [4.69, 9.17) is 11.6 Å². The minimum atomic E-state index is -0.725. The molecule has 0 radical (unpaired) electrons. The zero-order valence-electron chi connectivity index (χ0n) is 2.92. The lowest BCUT2D eigenvalue weighted by molar-refractivity contribution is 0.641. The van der Waals surface area contributed by atoms with Gasteiger partial charge in [0.15, 0.2) is 0 Å². The van der Waals surface area contributed by atoms with Gasteiger partial charge in [-0.05, 0) is 0 Å². The Labute approximate surface area is 49.1 Å². The molecule has 1 unspecified atom stereocenters. The molecular weight excluding hydrogens is 170 g/mol. The number of hydrogen-bond acceptors (Lipinski definition) is 0. The van der Waals surface area contributed by atoms with Gasteiger partial charge in [-0.15, -0.1) is 11.6 Å². The number of rotatable bonds is 1. The third kappa shape index (κ3) is 2.67. The monoisotopic (exact) mass is 172 g/mol. The molecule has 0 nitrogen and oxygen atoms in total. The zero-order chi connectivity index (χ0) is 5.15. The lowest BCUT2D eigenvalue weighted by Gasteiger charge is -1.87. The molecule has 0 heterocycles. The van der Waals surface area contributed by atoms with E-state index in [0.717, 1.165) is 0 Å². The Morgan fingerprint density at radius 1 is 2.00 bits per heavy atom. The highest BCUT2D eigenvalue weighted by Crippen LogP contribution is 2.14. The van der Waals surface area contributed by atoms with E-state index in [2.05, 4.69) is 22.5 Å². The molecule has 0 spiro atoms. The highest BCUT2D eigenvalue weighted by Gasteiger charge is 1.98. The molecule has 0 saturated heterocycles. The fourth-order valence-corrected chi connectivity index (χ4v) is 0. The maximum atomic E-state index is 11.5. The van der Waals surface area contributed by atoms with Crippen LogP contribution in [0.3, 0.4) is 0 Å². The topological polar surface area (TPSA) is 0 Å². The van der Waals surface area contributed by atoms with Crippen LogP contribution >= 0.6 is 27.5 Å². The summed E-state index contributed by atoms with van der Waals surface area (Å²) in [7, 11) is 0. The smallest absolute Gasteiger partial charge is 0.139 e. The molecule has 0 N–H and O–H groups in total. The highest BCUT2D eigenvalue weighted by atomic mass is 79.9. The summed E-state index contributed by atoms with van der Waals surface area (Å²) in [5.74, 6) is -0.559. The third-order valence-electron chi connectivity index (χ3n) is 0.237. The second kappa shape index (κ2) is 2.59. The van der Waals surface area contributed by atoms with Crippen molar-refractivity contribution in [1.82, 2.24) is 0 Å². The second-order valence-corrected chi connectivity index (χ2v) is 2.63. The Morgan fingerprint density at radius 2 is 2.17 bits per heavy atom. The van der Waals surface area contributed by atoms with E-state index in [0.29, 0.717) is 0 Å². The summed E-state index contributed by atoms with van der Waals surface area (Å²) in [5.41, 5.74) is 0. The zero-order valence-corrected chi connectivity index (χ0v) is 5.26. The van der Waals surface area contributed by atoms with Crippen molar-refractivity contribution in [3.05, 3.63) is 12.4 Å². The lowest BCUT2D eigenvalue weighted by Crippen LogP contribution is -1.79. The van der Waals surface area contributed by atoms with Gasteiger partial charge in [-0.25, -0.2) is 4.39 Å². The van der Waals surface area contributed by atoms with Gasteiger partial charge in [0.2, 0.25) is 0 Å². The largest absolute Gasteiger partial charge is 0.210 e. The van der Waals surface area contributed by atoms with Crippen molar-refractivity contribution in [3.63, 3.8) is 0 Å². The molecule has 0 aliphatic carbocycles. The summed E-state index contributed by atoms with van der Waals surface area (Å²) in [6.45, 7) is 2.91. The molecule has 0 saturated carbocycles. The molecule has 0 aromatic heterocycles. The maximum Gasteiger partial charge on any atom is 0.139 e. The van der Waals surface area contributed by atoms with Crippen LogP contribution in [-0.2, 0) is 0 Å². The molecule has 0 fully saturated rings. The fourth-order valence-electron chi connectivity index (χ4n) is 0. The molecule has 3 heteroatoms. The van der Waals surface area contributed by atoms with Crippen LogP contribution in [0.2, 0.25) is 0 Å². The van der Waals surface area contributed by atoms with Crippen molar-refractivity contribution < 1.29 is 4.39 Å². The van der Waals surface area contributed by atoms with E-state index >= 15 is 0 Å². The first-order chi connectivity index (χ1) is 2.64. The predicted octanol–water partition coefficient (Wildman–Crippen LogP) is 2.43. The average molecular weight is 173 g/mol. The Bertz CT molecular complexity index is 61.8. The van der Waals surface area contributed by atoms with Crippen LogP contribution in [0, 0.1) is 0 Å². The number of allylic oxidation sites excluding steroid dienone is 1. The maximum absolute atomic E-state index is 11.5. The van der Waals surface area contributed by atoms with Gasteiger partial charge in [-0.3, -0.25) is 0 Å². The molecule has 0 bridgehead atoms. The van der Waals surface area contributed by atoms with Gasteiger partial charge >= 0.3 is 0 Å². The van der Waals surface area contributed by atoms with E-state index in [1.807, 2.05) is 0 Å².